The van der Waals surface area contributed by atoms with Gasteiger partial charge in [-0.15, -0.1) is 0 Å². The second-order valence-electron chi connectivity index (χ2n) is 1.48. The molecule has 50 valence electrons. The van der Waals surface area contributed by atoms with Crippen molar-refractivity contribution in [2.24, 2.45) is 4.99 Å². The monoisotopic (exact) mass is 145 g/mol. The minimum Gasteiger partial charge on any atom is -0.297 e. The molecule has 0 fully saturated rings. The van der Waals surface area contributed by atoms with E-state index in [9.17, 15) is 4.79 Å². The second-order valence-corrected chi connectivity index (χ2v) is 1.87. The van der Waals surface area contributed by atoms with Gasteiger partial charge in [0.2, 0.25) is 0 Å². The maximum absolute atomic E-state index is 9.94. The average Bonchev–Trinajstić information content (AvgIpc) is 1.87. The van der Waals surface area contributed by atoms with E-state index in [1.807, 2.05) is 0 Å². The van der Waals surface area contributed by atoms with Gasteiger partial charge in [-0.2, -0.15) is 0 Å². The standard InChI is InChI=1S/C6H8ClNO/c1-3-6(7)8-5(2)4-9/h3-4H,1-2H3/b6-3-,8-5+. The van der Waals surface area contributed by atoms with Crippen molar-refractivity contribution in [2.75, 3.05) is 0 Å². The molecule has 0 aromatic heterocycles. The van der Waals surface area contributed by atoms with E-state index in [2.05, 4.69) is 4.99 Å². The average molecular weight is 146 g/mol. The van der Waals surface area contributed by atoms with Crippen molar-refractivity contribution in [3.63, 3.8) is 0 Å². The molecule has 0 aliphatic heterocycles. The molecular formula is C6H8ClNO. The quantitative estimate of drug-likeness (QED) is 0.331. The van der Waals surface area contributed by atoms with Gasteiger partial charge in [0, 0.05) is 0 Å². The van der Waals surface area contributed by atoms with Crippen LogP contribution >= 0.6 is 11.6 Å². The number of aldehydes is 1. The first-order valence-corrected chi connectivity index (χ1v) is 2.90. The van der Waals surface area contributed by atoms with Crippen LogP contribution in [0.15, 0.2) is 16.2 Å². The van der Waals surface area contributed by atoms with Crippen molar-refractivity contribution in [3.8, 4) is 0 Å². The molecule has 0 aliphatic carbocycles. The molecule has 0 rings (SSSR count). The van der Waals surface area contributed by atoms with Gasteiger partial charge in [0.1, 0.15) is 5.16 Å². The number of aliphatic imine (C=N–C) groups is 1. The van der Waals surface area contributed by atoms with E-state index in [0.29, 0.717) is 17.2 Å². The number of rotatable bonds is 2. The van der Waals surface area contributed by atoms with E-state index >= 15 is 0 Å². The Kier molecular flexibility index (Phi) is 3.97. The predicted octanol–water partition coefficient (Wildman–Crippen LogP) is 1.75. The Labute approximate surface area is 59.2 Å². The van der Waals surface area contributed by atoms with Crippen LogP contribution in [0.2, 0.25) is 0 Å². The first kappa shape index (κ1) is 8.37. The third kappa shape index (κ3) is 3.91. The summed E-state index contributed by atoms with van der Waals surface area (Å²) < 4.78 is 0. The summed E-state index contributed by atoms with van der Waals surface area (Å²) in [5, 5.41) is 0.347. The molecule has 0 aromatic carbocycles. The van der Waals surface area contributed by atoms with Crippen LogP contribution in [0.5, 0.6) is 0 Å². The third-order valence-electron chi connectivity index (χ3n) is 0.692. The number of hydrogen-bond acceptors (Lipinski definition) is 2. The van der Waals surface area contributed by atoms with Gasteiger partial charge < -0.3 is 0 Å². The summed E-state index contributed by atoms with van der Waals surface area (Å²) in [5.41, 5.74) is 0.387. The highest BCUT2D eigenvalue weighted by Crippen LogP contribution is 2.01. The summed E-state index contributed by atoms with van der Waals surface area (Å²) >= 11 is 5.45. The van der Waals surface area contributed by atoms with Crippen LogP contribution in [0, 0.1) is 0 Å². The molecule has 0 amide bonds. The van der Waals surface area contributed by atoms with Crippen molar-refractivity contribution in [1.29, 1.82) is 0 Å². The van der Waals surface area contributed by atoms with E-state index < -0.39 is 0 Å². The second kappa shape index (κ2) is 4.27. The number of nitrogens with zero attached hydrogens (tertiary/aromatic N) is 1. The topological polar surface area (TPSA) is 29.4 Å². The Balaban J connectivity index is 4.11. The molecule has 2 nitrogen and oxygen atoms in total. The number of halogens is 1. The van der Waals surface area contributed by atoms with Crippen molar-refractivity contribution in [1.82, 2.24) is 0 Å². The molecule has 0 aromatic rings. The Hall–Kier alpha value is -0.630. The van der Waals surface area contributed by atoms with Crippen LogP contribution in [0.1, 0.15) is 13.8 Å². The van der Waals surface area contributed by atoms with Crippen LogP contribution in [-0.4, -0.2) is 12.0 Å². The van der Waals surface area contributed by atoms with Gasteiger partial charge in [0.25, 0.3) is 0 Å². The normalized spacial score (nSPS) is 13.7. The fourth-order valence-electron chi connectivity index (χ4n) is 0.259. The van der Waals surface area contributed by atoms with Crippen LogP contribution in [0.3, 0.4) is 0 Å². The molecule has 3 heteroatoms. The smallest absolute Gasteiger partial charge is 0.164 e. The largest absolute Gasteiger partial charge is 0.297 e. The maximum atomic E-state index is 9.94. The molecule has 0 unspecified atom stereocenters. The van der Waals surface area contributed by atoms with Gasteiger partial charge >= 0.3 is 0 Å². The van der Waals surface area contributed by atoms with Crippen LogP contribution < -0.4 is 0 Å². The Morgan fingerprint density at radius 1 is 1.67 bits per heavy atom. The van der Waals surface area contributed by atoms with Gasteiger partial charge in [0.05, 0.1) is 5.71 Å². The summed E-state index contributed by atoms with van der Waals surface area (Å²) in [4.78, 5) is 13.6. The number of hydrogen-bond donors (Lipinski definition) is 0. The summed E-state index contributed by atoms with van der Waals surface area (Å²) in [6, 6.07) is 0. The summed E-state index contributed by atoms with van der Waals surface area (Å²) in [6.45, 7) is 3.35. The fraction of sp³-hybridized carbons (Fsp3) is 0.333. The van der Waals surface area contributed by atoms with Gasteiger partial charge in [-0.25, -0.2) is 4.99 Å². The van der Waals surface area contributed by atoms with Crippen molar-refractivity contribution in [3.05, 3.63) is 11.2 Å². The highest BCUT2D eigenvalue weighted by atomic mass is 35.5. The first-order valence-electron chi connectivity index (χ1n) is 2.53. The molecule has 0 atom stereocenters. The number of carbonyl (C=O) groups is 1. The molecule has 0 bridgehead atoms. The Bertz CT molecular complexity index is 160. The SMILES string of the molecule is C/C=C(Cl)\N=C(/C)C=O. The number of allylic oxidation sites excluding steroid dienone is 1. The first-order chi connectivity index (χ1) is 4.20. The van der Waals surface area contributed by atoms with Crippen molar-refractivity contribution < 1.29 is 4.79 Å². The predicted molar refractivity (Wildman–Crippen MR) is 38.8 cm³/mol. The Morgan fingerprint density at radius 3 is 2.56 bits per heavy atom. The molecule has 0 spiro atoms. The van der Waals surface area contributed by atoms with Gasteiger partial charge in [-0.05, 0) is 13.8 Å². The zero-order valence-electron chi connectivity index (χ0n) is 5.39. The van der Waals surface area contributed by atoms with Gasteiger partial charge in [0.15, 0.2) is 6.29 Å². The van der Waals surface area contributed by atoms with Crippen LogP contribution in [-0.2, 0) is 4.79 Å². The van der Waals surface area contributed by atoms with E-state index in [4.69, 9.17) is 11.6 Å². The lowest BCUT2D eigenvalue weighted by Gasteiger charge is -1.85. The third-order valence-corrected chi connectivity index (χ3v) is 0.995. The minimum absolute atomic E-state index is 0.347. The lowest BCUT2D eigenvalue weighted by atomic mass is 10.5. The molecule has 0 N–H and O–H groups in total. The molecule has 0 saturated carbocycles. The highest BCUT2D eigenvalue weighted by molar-refractivity contribution is 6.33. The maximum Gasteiger partial charge on any atom is 0.164 e. The number of carbonyl (C=O) groups excluding carboxylic acids is 1. The lowest BCUT2D eigenvalue weighted by Crippen LogP contribution is -1.89. The summed E-state index contributed by atoms with van der Waals surface area (Å²) in [6.07, 6.45) is 2.28. The molecule has 0 radical (unpaired) electrons. The van der Waals surface area contributed by atoms with E-state index in [1.165, 1.54) is 0 Å². The van der Waals surface area contributed by atoms with Gasteiger partial charge in [-0.1, -0.05) is 17.7 Å². The van der Waals surface area contributed by atoms with Crippen LogP contribution in [0.25, 0.3) is 0 Å². The Morgan fingerprint density at radius 2 is 2.22 bits per heavy atom. The van der Waals surface area contributed by atoms with Gasteiger partial charge in [-0.3, -0.25) is 4.79 Å². The minimum atomic E-state index is 0.347. The summed E-state index contributed by atoms with van der Waals surface area (Å²) in [7, 11) is 0. The molecule has 9 heavy (non-hydrogen) atoms. The fourth-order valence-corrected chi connectivity index (χ4v) is 0.393. The highest BCUT2D eigenvalue weighted by Gasteiger charge is 1.86. The summed E-state index contributed by atoms with van der Waals surface area (Å²) in [5.74, 6) is 0. The van der Waals surface area contributed by atoms with E-state index in [0.717, 1.165) is 0 Å². The molecule has 0 heterocycles. The molecule has 0 saturated heterocycles. The van der Waals surface area contributed by atoms with Crippen molar-refractivity contribution >= 4 is 23.6 Å². The van der Waals surface area contributed by atoms with Crippen molar-refractivity contribution in [2.45, 2.75) is 13.8 Å². The molecule has 0 aliphatic rings. The van der Waals surface area contributed by atoms with Crippen LogP contribution in [0.4, 0.5) is 0 Å². The zero-order valence-corrected chi connectivity index (χ0v) is 6.14. The lowest BCUT2D eigenvalue weighted by molar-refractivity contribution is -0.102. The van der Waals surface area contributed by atoms with E-state index in [-0.39, 0.29) is 0 Å². The molecular weight excluding hydrogens is 138 g/mol. The zero-order chi connectivity index (χ0) is 7.28. The van der Waals surface area contributed by atoms with E-state index in [1.54, 1.807) is 19.9 Å².